The van der Waals surface area contributed by atoms with Crippen molar-refractivity contribution in [2.24, 2.45) is 7.05 Å². The van der Waals surface area contributed by atoms with Gasteiger partial charge in [-0.2, -0.15) is 5.10 Å². The molecule has 3 rings (SSSR count). The van der Waals surface area contributed by atoms with Gasteiger partial charge in [0.25, 0.3) is 5.91 Å². The Morgan fingerprint density at radius 3 is 3.00 bits per heavy atom. The summed E-state index contributed by atoms with van der Waals surface area (Å²) in [5.41, 5.74) is 2.06. The summed E-state index contributed by atoms with van der Waals surface area (Å²) in [4.78, 5) is 16.1. The van der Waals surface area contributed by atoms with Crippen LogP contribution in [0.1, 0.15) is 10.4 Å². The number of nitrogens with one attached hydrogen (secondary N) is 1. The van der Waals surface area contributed by atoms with E-state index in [0.717, 1.165) is 5.65 Å². The summed E-state index contributed by atoms with van der Waals surface area (Å²) in [6, 6.07) is 3.55. The normalized spacial score (nSPS) is 10.7. The van der Waals surface area contributed by atoms with Crippen LogP contribution in [0.2, 0.25) is 0 Å². The number of anilines is 1. The van der Waals surface area contributed by atoms with Gasteiger partial charge in [0.1, 0.15) is 5.65 Å². The molecule has 0 atom stereocenters. The van der Waals surface area contributed by atoms with Crippen LogP contribution in [0, 0.1) is 0 Å². The summed E-state index contributed by atoms with van der Waals surface area (Å²) in [7, 11) is 1.80. The van der Waals surface area contributed by atoms with Gasteiger partial charge >= 0.3 is 0 Å². The van der Waals surface area contributed by atoms with E-state index in [1.54, 1.807) is 59.2 Å². The lowest BCUT2D eigenvalue weighted by atomic mass is 10.2. The molecule has 0 saturated carbocycles. The smallest absolute Gasteiger partial charge is 0.257 e. The van der Waals surface area contributed by atoms with E-state index in [0.29, 0.717) is 11.3 Å². The Balaban J connectivity index is 1.87. The average Bonchev–Trinajstić information content (AvgIpc) is 2.96. The van der Waals surface area contributed by atoms with Crippen molar-refractivity contribution in [2.45, 2.75) is 0 Å². The van der Waals surface area contributed by atoms with Crippen molar-refractivity contribution >= 4 is 17.2 Å². The van der Waals surface area contributed by atoms with E-state index in [1.165, 1.54) is 0 Å². The van der Waals surface area contributed by atoms with E-state index in [-0.39, 0.29) is 5.91 Å². The van der Waals surface area contributed by atoms with E-state index in [9.17, 15) is 4.79 Å². The van der Waals surface area contributed by atoms with Crippen molar-refractivity contribution in [3.63, 3.8) is 0 Å². The maximum absolute atomic E-state index is 12.0. The summed E-state index contributed by atoms with van der Waals surface area (Å²) in [6.07, 6.45) is 8.59. The first kappa shape index (κ1) is 10.5. The zero-order chi connectivity index (χ0) is 12.5. The molecule has 0 aliphatic rings. The van der Waals surface area contributed by atoms with Crippen LogP contribution in [0.25, 0.3) is 5.65 Å². The van der Waals surface area contributed by atoms with Crippen LogP contribution >= 0.6 is 0 Å². The van der Waals surface area contributed by atoms with Crippen LogP contribution in [0.5, 0.6) is 0 Å². The van der Waals surface area contributed by atoms with Crippen molar-refractivity contribution in [1.29, 1.82) is 0 Å². The van der Waals surface area contributed by atoms with E-state index >= 15 is 0 Å². The molecule has 0 bridgehead atoms. The Morgan fingerprint density at radius 2 is 2.22 bits per heavy atom. The highest BCUT2D eigenvalue weighted by molar-refractivity contribution is 6.04. The fraction of sp³-hybridized carbons (Fsp3) is 0.0833. The monoisotopic (exact) mass is 241 g/mol. The molecule has 3 heterocycles. The fourth-order valence-electron chi connectivity index (χ4n) is 1.74. The molecule has 0 aromatic carbocycles. The van der Waals surface area contributed by atoms with Crippen LogP contribution < -0.4 is 5.32 Å². The van der Waals surface area contributed by atoms with Gasteiger partial charge < -0.3 is 9.72 Å². The molecule has 0 fully saturated rings. The number of aryl methyl sites for hydroxylation is 1. The molecule has 0 unspecified atom stereocenters. The summed E-state index contributed by atoms with van der Waals surface area (Å²) in [5, 5.41) is 6.77. The minimum atomic E-state index is -0.168. The number of amides is 1. The molecule has 3 aromatic rings. The SMILES string of the molecule is Cn1cc(NC(=O)c2ccc3nccn3c2)cn1. The Hall–Kier alpha value is -2.63. The first-order valence-electron chi connectivity index (χ1n) is 5.45. The highest BCUT2D eigenvalue weighted by atomic mass is 16.1. The predicted molar refractivity (Wildman–Crippen MR) is 66.4 cm³/mol. The van der Waals surface area contributed by atoms with Gasteiger partial charge in [-0.3, -0.25) is 9.48 Å². The molecule has 0 aliphatic carbocycles. The number of imidazole rings is 1. The third kappa shape index (κ3) is 1.84. The topological polar surface area (TPSA) is 64.2 Å². The van der Waals surface area contributed by atoms with E-state index in [1.807, 2.05) is 0 Å². The van der Waals surface area contributed by atoms with Crippen LogP contribution in [0.4, 0.5) is 5.69 Å². The van der Waals surface area contributed by atoms with Gasteiger partial charge in [-0.05, 0) is 12.1 Å². The maximum Gasteiger partial charge on any atom is 0.257 e. The zero-order valence-corrected chi connectivity index (χ0v) is 9.74. The Morgan fingerprint density at radius 1 is 1.33 bits per heavy atom. The van der Waals surface area contributed by atoms with Gasteiger partial charge in [-0.15, -0.1) is 0 Å². The zero-order valence-electron chi connectivity index (χ0n) is 9.74. The molecule has 1 N–H and O–H groups in total. The lowest BCUT2D eigenvalue weighted by Crippen LogP contribution is -2.12. The molecule has 0 saturated heterocycles. The van der Waals surface area contributed by atoms with Gasteiger partial charge in [0.15, 0.2) is 0 Å². The summed E-state index contributed by atoms with van der Waals surface area (Å²) in [5.74, 6) is -0.168. The second kappa shape index (κ2) is 3.99. The van der Waals surface area contributed by atoms with Crippen LogP contribution in [0.3, 0.4) is 0 Å². The number of hydrogen-bond acceptors (Lipinski definition) is 3. The number of rotatable bonds is 2. The highest BCUT2D eigenvalue weighted by Gasteiger charge is 2.08. The van der Waals surface area contributed by atoms with Gasteiger partial charge in [-0.1, -0.05) is 0 Å². The number of aromatic nitrogens is 4. The van der Waals surface area contributed by atoms with Crippen molar-refractivity contribution in [2.75, 3.05) is 5.32 Å². The molecule has 0 aliphatic heterocycles. The van der Waals surface area contributed by atoms with E-state index < -0.39 is 0 Å². The standard InChI is InChI=1S/C12H11N5O/c1-16-8-10(6-14-16)15-12(18)9-2-3-11-13-4-5-17(11)7-9/h2-8H,1H3,(H,15,18). The van der Waals surface area contributed by atoms with Gasteiger partial charge in [-0.25, -0.2) is 4.98 Å². The first-order chi connectivity index (χ1) is 8.72. The summed E-state index contributed by atoms with van der Waals surface area (Å²) >= 11 is 0. The summed E-state index contributed by atoms with van der Waals surface area (Å²) < 4.78 is 3.44. The third-order valence-corrected chi connectivity index (χ3v) is 2.61. The average molecular weight is 241 g/mol. The molecule has 6 nitrogen and oxygen atoms in total. The molecule has 0 radical (unpaired) electrons. The molecule has 0 spiro atoms. The number of carbonyl (C=O) groups excluding carboxylic acids is 1. The van der Waals surface area contributed by atoms with Gasteiger partial charge in [0.05, 0.1) is 17.4 Å². The van der Waals surface area contributed by atoms with Crippen molar-refractivity contribution in [3.05, 3.63) is 48.7 Å². The lowest BCUT2D eigenvalue weighted by molar-refractivity contribution is 0.102. The van der Waals surface area contributed by atoms with Crippen molar-refractivity contribution < 1.29 is 4.79 Å². The molecule has 3 aromatic heterocycles. The second-order valence-electron chi connectivity index (χ2n) is 3.97. The van der Waals surface area contributed by atoms with E-state index in [4.69, 9.17) is 0 Å². The second-order valence-corrected chi connectivity index (χ2v) is 3.97. The minimum absolute atomic E-state index is 0.168. The van der Waals surface area contributed by atoms with Gasteiger partial charge in [0, 0.05) is 31.8 Å². The third-order valence-electron chi connectivity index (χ3n) is 2.61. The number of nitrogens with zero attached hydrogens (tertiary/aromatic N) is 4. The molecular formula is C12H11N5O. The molecule has 90 valence electrons. The predicted octanol–water partition coefficient (Wildman–Crippen LogP) is 1.32. The van der Waals surface area contributed by atoms with Crippen molar-refractivity contribution in [1.82, 2.24) is 19.2 Å². The summed E-state index contributed by atoms with van der Waals surface area (Å²) in [6.45, 7) is 0. The van der Waals surface area contributed by atoms with Crippen LogP contribution in [0.15, 0.2) is 43.1 Å². The quantitative estimate of drug-likeness (QED) is 0.736. The Kier molecular flexibility index (Phi) is 2.33. The molecule has 18 heavy (non-hydrogen) atoms. The molecule has 6 heteroatoms. The molecular weight excluding hydrogens is 230 g/mol. The van der Waals surface area contributed by atoms with E-state index in [2.05, 4.69) is 15.4 Å². The Labute approximate surface area is 103 Å². The Bertz CT molecular complexity index is 712. The highest BCUT2D eigenvalue weighted by Crippen LogP contribution is 2.09. The van der Waals surface area contributed by atoms with Crippen LogP contribution in [-0.4, -0.2) is 25.1 Å². The largest absolute Gasteiger partial charge is 0.319 e. The number of fused-ring (bicyclic) bond motifs is 1. The number of carbonyl (C=O) groups is 1. The lowest BCUT2D eigenvalue weighted by Gasteiger charge is -2.03. The molecule has 1 amide bonds. The van der Waals surface area contributed by atoms with Gasteiger partial charge in [0.2, 0.25) is 0 Å². The van der Waals surface area contributed by atoms with Crippen molar-refractivity contribution in [3.8, 4) is 0 Å². The minimum Gasteiger partial charge on any atom is -0.319 e. The van der Waals surface area contributed by atoms with Crippen LogP contribution in [-0.2, 0) is 7.05 Å². The first-order valence-corrected chi connectivity index (χ1v) is 5.45. The fourth-order valence-corrected chi connectivity index (χ4v) is 1.74. The maximum atomic E-state index is 12.0. The number of hydrogen-bond donors (Lipinski definition) is 1. The number of pyridine rings is 1.